The number of amides is 1. The van der Waals surface area contributed by atoms with Gasteiger partial charge in [-0.15, -0.1) is 0 Å². The molecule has 0 aliphatic rings. The molecule has 1 N–H and O–H groups in total. The van der Waals surface area contributed by atoms with E-state index >= 15 is 0 Å². The summed E-state index contributed by atoms with van der Waals surface area (Å²) in [6.45, 7) is 10.2. The van der Waals surface area contributed by atoms with Gasteiger partial charge in [0.05, 0.1) is 17.5 Å². The Morgan fingerprint density at radius 2 is 1.61 bits per heavy atom. The summed E-state index contributed by atoms with van der Waals surface area (Å²) < 4.78 is 0. The van der Waals surface area contributed by atoms with Crippen LogP contribution in [0.2, 0.25) is 0 Å². The van der Waals surface area contributed by atoms with Crippen molar-refractivity contribution in [1.82, 2.24) is 0 Å². The Morgan fingerprint density at radius 3 is 1.96 bits per heavy atom. The van der Waals surface area contributed by atoms with Crippen LogP contribution in [-0.4, -0.2) is 5.91 Å². The second kappa shape index (κ2) is 16.0. The van der Waals surface area contributed by atoms with Crippen LogP contribution in [0.15, 0.2) is 12.1 Å². The van der Waals surface area contributed by atoms with Crippen LogP contribution in [0.25, 0.3) is 0 Å². The molecule has 0 aromatic heterocycles. The quantitative estimate of drug-likeness (QED) is 0.686. The molecule has 1 aromatic carbocycles. The van der Waals surface area contributed by atoms with Crippen molar-refractivity contribution in [2.75, 3.05) is 5.32 Å². The molecule has 1 amide bonds. The maximum Gasteiger partial charge on any atom is 0.0991 e. The largest absolute Gasteiger partial charge is 0.358 e. The minimum Gasteiger partial charge on any atom is -0.358 e. The molecule has 0 spiro atoms. The summed E-state index contributed by atoms with van der Waals surface area (Å²) in [4.78, 5) is 11.6. The number of nitriles is 1. The summed E-state index contributed by atoms with van der Waals surface area (Å²) >= 11 is 0. The van der Waals surface area contributed by atoms with Crippen molar-refractivity contribution < 1.29 is 37.5 Å². The van der Waals surface area contributed by atoms with Crippen molar-refractivity contribution >= 4 is 11.6 Å². The number of aryl methyl sites for hydroxylation is 2. The number of nitrogens with zero attached hydrogens (tertiary/aromatic N) is 1. The van der Waals surface area contributed by atoms with Crippen LogP contribution in [0.5, 0.6) is 0 Å². The molecule has 23 heavy (non-hydrogen) atoms. The molecule has 1 rings (SSSR count). The Hall–Kier alpha value is -0.846. The van der Waals surface area contributed by atoms with E-state index < -0.39 is 0 Å². The summed E-state index contributed by atoms with van der Waals surface area (Å²) in [5, 5.41) is 11.7. The van der Waals surface area contributed by atoms with Gasteiger partial charge in [-0.05, 0) is 37.1 Å². The Morgan fingerprint density at radius 1 is 1.13 bits per heavy atom. The molecule has 0 aliphatic carbocycles. The first-order chi connectivity index (χ1) is 9.99. The Balaban J connectivity index is -0.000000598. The zero-order chi connectivity index (χ0) is 16.3. The first kappa shape index (κ1) is 27.0. The topological polar surface area (TPSA) is 52.9 Å². The van der Waals surface area contributed by atoms with E-state index in [2.05, 4.69) is 25.2 Å². The third kappa shape index (κ3) is 11.3. The Bertz CT molecular complexity index is 468. The number of anilines is 1. The third-order valence-electron chi connectivity index (χ3n) is 3.03. The van der Waals surface area contributed by atoms with Gasteiger partial charge in [-0.1, -0.05) is 40.0 Å². The number of carbonyl (C=O) groups is 1. The second-order valence-electron chi connectivity index (χ2n) is 5.08. The first-order valence-electron chi connectivity index (χ1n) is 7.65. The summed E-state index contributed by atoms with van der Waals surface area (Å²) in [5.74, 6) is -0.0808. The fourth-order valence-corrected chi connectivity index (χ4v) is 1.67. The molecule has 0 unspecified atom stereocenters. The molecule has 1 aromatic rings. The van der Waals surface area contributed by atoms with Gasteiger partial charge in [0, 0.05) is 38.4 Å². The molecule has 1 radical (unpaired) electrons. The molecule has 4 heteroatoms. The number of carbonyl (C=O) groups excluding carboxylic acids is 1. The summed E-state index contributed by atoms with van der Waals surface area (Å²) in [6.07, 6.45) is 6.02. The maximum absolute atomic E-state index is 11.6. The molecule has 0 saturated carbocycles. The number of nitrogens with one attached hydrogen (secondary N) is 1. The fourth-order valence-electron chi connectivity index (χ4n) is 1.67. The third-order valence-corrected chi connectivity index (χ3v) is 3.03. The van der Waals surface area contributed by atoms with Crippen LogP contribution in [-0.2, 0) is 37.5 Å². The molecule has 0 heterocycles. The molecule has 0 atom stereocenters. The maximum atomic E-state index is 11.6. The molecule has 127 valence electrons. The van der Waals surface area contributed by atoms with Gasteiger partial charge in [0.15, 0.2) is 0 Å². The Labute approximate surface area is 168 Å². The molecule has 3 nitrogen and oxygen atoms in total. The van der Waals surface area contributed by atoms with Crippen LogP contribution in [0.1, 0.15) is 63.1 Å². The van der Waals surface area contributed by atoms with Crippen LogP contribution < -0.4 is 5.32 Å². The van der Waals surface area contributed by atoms with Gasteiger partial charge in [0.1, 0.15) is 0 Å². The van der Waals surface area contributed by atoms with Crippen molar-refractivity contribution in [3.63, 3.8) is 0 Å². The van der Waals surface area contributed by atoms with E-state index in [4.69, 9.17) is 5.26 Å². The predicted molar refractivity (Wildman–Crippen MR) is 95.5 cm³/mol. The molecular formula is C19H30N2OY-2. The fraction of sp³-hybridized carbons (Fsp3) is 0.474. The molecule has 0 saturated heterocycles. The van der Waals surface area contributed by atoms with E-state index in [0.29, 0.717) is 5.56 Å². The van der Waals surface area contributed by atoms with Gasteiger partial charge in [-0.2, -0.15) is 11.7 Å². The van der Waals surface area contributed by atoms with E-state index in [1.807, 2.05) is 20.8 Å². The van der Waals surface area contributed by atoms with Crippen molar-refractivity contribution in [3.8, 4) is 6.07 Å². The monoisotopic (exact) mass is 391 g/mol. The van der Waals surface area contributed by atoms with E-state index in [1.54, 1.807) is 18.6 Å². The van der Waals surface area contributed by atoms with E-state index in [1.165, 1.54) is 12.8 Å². The van der Waals surface area contributed by atoms with Gasteiger partial charge >= 0.3 is 0 Å². The number of unbranched alkanes of at least 4 members (excludes halogenated alkanes) is 2. The molecule has 0 aliphatic heterocycles. The summed E-state index contributed by atoms with van der Waals surface area (Å²) in [5.41, 5.74) is 3.26. The van der Waals surface area contributed by atoms with Crippen molar-refractivity contribution in [2.45, 2.75) is 60.3 Å². The smallest absolute Gasteiger partial charge is 0.0991 e. The van der Waals surface area contributed by atoms with Crippen LogP contribution >= 0.6 is 0 Å². The minimum atomic E-state index is -0.0808. The number of benzene rings is 1. The number of hydrogen-bond donors (Lipinski definition) is 1. The van der Waals surface area contributed by atoms with Crippen molar-refractivity contribution in [3.05, 3.63) is 42.7 Å². The Kier molecular flexibility index (Phi) is 18.8. The average Bonchev–Trinajstić information content (AvgIpc) is 2.48. The summed E-state index contributed by atoms with van der Waals surface area (Å²) in [7, 11) is 0. The van der Waals surface area contributed by atoms with E-state index in [-0.39, 0.29) is 46.0 Å². The van der Waals surface area contributed by atoms with Crippen LogP contribution in [0.3, 0.4) is 0 Å². The predicted octanol–water partition coefficient (Wildman–Crippen LogP) is 5.37. The average molecular weight is 391 g/mol. The van der Waals surface area contributed by atoms with Gasteiger partial charge in [0.25, 0.3) is 0 Å². The van der Waals surface area contributed by atoms with E-state index in [9.17, 15) is 4.79 Å². The van der Waals surface area contributed by atoms with E-state index in [0.717, 1.165) is 29.7 Å². The first-order valence-corrected chi connectivity index (χ1v) is 7.65. The van der Waals surface area contributed by atoms with Gasteiger partial charge in [-0.25, -0.2) is 0 Å². The van der Waals surface area contributed by atoms with Crippen molar-refractivity contribution in [2.24, 2.45) is 0 Å². The second-order valence-corrected chi connectivity index (χ2v) is 5.08. The van der Waals surface area contributed by atoms with Gasteiger partial charge < -0.3 is 24.0 Å². The molecular weight excluding hydrogens is 361 g/mol. The normalized spacial score (nSPS) is 8.35. The van der Waals surface area contributed by atoms with Gasteiger partial charge in [0.2, 0.25) is 0 Å². The van der Waals surface area contributed by atoms with Crippen LogP contribution in [0.4, 0.5) is 5.69 Å². The zero-order valence-electron chi connectivity index (χ0n) is 15.5. The number of rotatable bonds is 5. The number of hydrogen-bond acceptors (Lipinski definition) is 2. The van der Waals surface area contributed by atoms with Gasteiger partial charge in [-0.3, -0.25) is 0 Å². The summed E-state index contributed by atoms with van der Waals surface area (Å²) in [6, 6.07) is 5.66. The van der Waals surface area contributed by atoms with Crippen molar-refractivity contribution in [1.29, 1.82) is 5.26 Å². The zero-order valence-corrected chi connectivity index (χ0v) is 18.3. The minimum absolute atomic E-state index is 0. The molecule has 0 bridgehead atoms. The van der Waals surface area contributed by atoms with Crippen LogP contribution in [0, 0.1) is 39.0 Å². The molecule has 0 fully saturated rings. The SMILES string of the molecule is CCCC.CCC[CH-]C(=O)Nc1c(C)cc(C#N)cc1C.[CH3-].[Y]. The standard InChI is InChI=1S/C14H17N2O.C4H10.CH3.Y/c1-4-5-6-13(17)16-14-10(2)7-12(9-15)8-11(14)3;1-3-4-2;;/h6-8H,4-5H2,1-3H3,(H,16,17);3-4H2,1-2H3;1H3;/q-1;;-1;.